The third kappa shape index (κ3) is 0.844. The summed E-state index contributed by atoms with van der Waals surface area (Å²) in [5, 5.41) is 9.00. The largest absolute Gasteiger partial charge is 0.515 e. The second-order valence-corrected chi connectivity index (χ2v) is 5.38. The molecular formula is C12H16O2. The van der Waals surface area contributed by atoms with Crippen LogP contribution in [0.25, 0.3) is 0 Å². The van der Waals surface area contributed by atoms with E-state index in [4.69, 9.17) is 5.11 Å². The van der Waals surface area contributed by atoms with Gasteiger partial charge < -0.3 is 5.11 Å². The smallest absolute Gasteiger partial charge is 0.162 e. The van der Waals surface area contributed by atoms with E-state index in [1.165, 1.54) is 32.1 Å². The van der Waals surface area contributed by atoms with Crippen LogP contribution >= 0.6 is 0 Å². The average molecular weight is 192 g/mol. The van der Waals surface area contributed by atoms with Gasteiger partial charge in [0.15, 0.2) is 5.78 Å². The molecule has 2 atom stereocenters. The van der Waals surface area contributed by atoms with Crippen LogP contribution in [0, 0.1) is 10.8 Å². The van der Waals surface area contributed by atoms with Crippen LogP contribution in [-0.2, 0) is 4.79 Å². The minimum atomic E-state index is 0.197. The monoisotopic (exact) mass is 192 g/mol. The van der Waals surface area contributed by atoms with Gasteiger partial charge in [-0.25, -0.2) is 0 Å². The van der Waals surface area contributed by atoms with Gasteiger partial charge in [0.05, 0.1) is 6.26 Å². The van der Waals surface area contributed by atoms with Crippen molar-refractivity contribution >= 4 is 5.78 Å². The Hall–Kier alpha value is -0.790. The Morgan fingerprint density at radius 2 is 1.79 bits per heavy atom. The molecule has 0 aromatic rings. The van der Waals surface area contributed by atoms with E-state index in [2.05, 4.69) is 0 Å². The number of hydrogen-bond acceptors (Lipinski definition) is 2. The number of carbonyl (C=O) groups excluding carboxylic acids is 1. The van der Waals surface area contributed by atoms with E-state index in [0.29, 0.717) is 22.8 Å². The highest BCUT2D eigenvalue weighted by Crippen LogP contribution is 2.77. The summed E-state index contributed by atoms with van der Waals surface area (Å²) in [5.41, 5.74) is 1.47. The first-order valence-corrected chi connectivity index (χ1v) is 5.58. The van der Waals surface area contributed by atoms with Crippen molar-refractivity contribution in [3.63, 3.8) is 0 Å². The Bertz CT molecular complexity index is 331. The van der Waals surface area contributed by atoms with Gasteiger partial charge in [0.25, 0.3) is 0 Å². The maximum atomic E-state index is 11.7. The van der Waals surface area contributed by atoms with Crippen molar-refractivity contribution in [2.75, 3.05) is 0 Å². The standard InChI is InChI=1S/C12H16O2/c13-7-9-5-11-3-1-2-4-12(11,8-11)6-10(9)14/h7,13H,1-6,8H2/b9-7-. The lowest BCUT2D eigenvalue weighted by Crippen LogP contribution is -2.29. The first kappa shape index (κ1) is 8.51. The molecule has 2 nitrogen and oxygen atoms in total. The predicted octanol–water partition coefficient (Wildman–Crippen LogP) is 2.74. The van der Waals surface area contributed by atoms with Gasteiger partial charge in [0, 0.05) is 12.0 Å². The van der Waals surface area contributed by atoms with Gasteiger partial charge in [-0.1, -0.05) is 12.8 Å². The van der Waals surface area contributed by atoms with Crippen molar-refractivity contribution < 1.29 is 9.90 Å². The molecule has 3 rings (SSSR count). The van der Waals surface area contributed by atoms with E-state index >= 15 is 0 Å². The molecule has 0 aromatic heterocycles. The highest BCUT2D eigenvalue weighted by molar-refractivity contribution is 5.97. The van der Waals surface area contributed by atoms with E-state index in [9.17, 15) is 4.79 Å². The van der Waals surface area contributed by atoms with Gasteiger partial charge >= 0.3 is 0 Å². The molecule has 0 bridgehead atoms. The highest BCUT2D eigenvalue weighted by atomic mass is 16.2. The molecule has 0 aromatic carbocycles. The third-order valence-corrected chi connectivity index (χ3v) is 4.78. The number of Topliss-reactive ketones (excluding diaryl/α,β-unsaturated/α-hetero) is 1. The van der Waals surface area contributed by atoms with Gasteiger partial charge in [0.1, 0.15) is 0 Å². The summed E-state index contributed by atoms with van der Waals surface area (Å²) < 4.78 is 0. The maximum absolute atomic E-state index is 11.7. The lowest BCUT2D eigenvalue weighted by molar-refractivity contribution is -0.119. The van der Waals surface area contributed by atoms with E-state index in [1.54, 1.807) is 0 Å². The normalized spacial score (nSPS) is 48.6. The molecule has 3 fully saturated rings. The molecule has 0 spiro atoms. The summed E-state index contributed by atoms with van der Waals surface area (Å²) >= 11 is 0. The lowest BCUT2D eigenvalue weighted by atomic mass is 9.69. The number of aliphatic hydroxyl groups is 1. The van der Waals surface area contributed by atoms with Crippen LogP contribution in [0.5, 0.6) is 0 Å². The second kappa shape index (κ2) is 2.41. The summed E-state index contributed by atoms with van der Waals surface area (Å²) in [6, 6.07) is 0. The lowest BCUT2D eigenvalue weighted by Gasteiger charge is -2.34. The molecule has 0 heterocycles. The molecule has 76 valence electrons. The number of allylic oxidation sites excluding steroid dienone is 1. The van der Waals surface area contributed by atoms with Gasteiger partial charge in [-0.2, -0.15) is 0 Å². The Kier molecular flexibility index (Phi) is 1.47. The van der Waals surface area contributed by atoms with Crippen molar-refractivity contribution in [1.82, 2.24) is 0 Å². The Balaban J connectivity index is 1.93. The van der Waals surface area contributed by atoms with Gasteiger partial charge in [0.2, 0.25) is 0 Å². The fourth-order valence-corrected chi connectivity index (χ4v) is 3.92. The Morgan fingerprint density at radius 1 is 1.14 bits per heavy atom. The highest BCUT2D eigenvalue weighted by Gasteiger charge is 2.69. The summed E-state index contributed by atoms with van der Waals surface area (Å²) in [6.07, 6.45) is 8.98. The molecular weight excluding hydrogens is 176 g/mol. The molecule has 1 N–H and O–H groups in total. The molecule has 0 aliphatic heterocycles. The van der Waals surface area contributed by atoms with Crippen LogP contribution in [0.1, 0.15) is 44.9 Å². The topological polar surface area (TPSA) is 37.3 Å². The molecule has 14 heavy (non-hydrogen) atoms. The molecule has 0 radical (unpaired) electrons. The van der Waals surface area contributed by atoms with Gasteiger partial charge in [-0.05, 0) is 36.5 Å². The molecule has 0 amide bonds. The number of carbonyl (C=O) groups is 1. The minimum absolute atomic E-state index is 0.197. The quantitative estimate of drug-likeness (QED) is 0.473. The van der Waals surface area contributed by atoms with Gasteiger partial charge in [-0.3, -0.25) is 4.79 Å². The van der Waals surface area contributed by atoms with Crippen molar-refractivity contribution in [3.8, 4) is 0 Å². The number of aliphatic hydroxyl groups excluding tert-OH is 1. The van der Waals surface area contributed by atoms with Crippen molar-refractivity contribution in [2.24, 2.45) is 10.8 Å². The van der Waals surface area contributed by atoms with Crippen LogP contribution in [0.2, 0.25) is 0 Å². The Morgan fingerprint density at radius 3 is 2.43 bits per heavy atom. The first-order chi connectivity index (χ1) is 6.71. The zero-order valence-electron chi connectivity index (χ0n) is 8.38. The van der Waals surface area contributed by atoms with E-state index in [-0.39, 0.29) is 5.78 Å². The molecule has 2 heteroatoms. The molecule has 0 saturated heterocycles. The summed E-state index contributed by atoms with van der Waals surface area (Å²) in [4.78, 5) is 11.7. The van der Waals surface area contributed by atoms with Crippen molar-refractivity contribution in [2.45, 2.75) is 44.9 Å². The van der Waals surface area contributed by atoms with E-state index in [1.807, 2.05) is 0 Å². The van der Waals surface area contributed by atoms with Crippen LogP contribution in [0.4, 0.5) is 0 Å². The number of ketones is 1. The van der Waals surface area contributed by atoms with Crippen LogP contribution in [-0.4, -0.2) is 10.9 Å². The molecule has 2 unspecified atom stereocenters. The fourth-order valence-electron chi connectivity index (χ4n) is 3.92. The first-order valence-electron chi connectivity index (χ1n) is 5.58. The Labute approximate surface area is 84.0 Å². The van der Waals surface area contributed by atoms with Crippen LogP contribution in [0.3, 0.4) is 0 Å². The SMILES string of the molecule is O=C1CC23CCCCC2(C/C1=C/O)C3. The second-order valence-electron chi connectivity index (χ2n) is 5.38. The van der Waals surface area contributed by atoms with Crippen molar-refractivity contribution in [3.05, 3.63) is 11.8 Å². The number of rotatable bonds is 0. The summed E-state index contributed by atoms with van der Waals surface area (Å²) in [7, 11) is 0. The molecule has 3 aliphatic rings. The summed E-state index contributed by atoms with van der Waals surface area (Å²) in [6.45, 7) is 0. The fraction of sp³-hybridized carbons (Fsp3) is 0.750. The van der Waals surface area contributed by atoms with Crippen LogP contribution < -0.4 is 0 Å². The molecule has 3 aliphatic carbocycles. The predicted molar refractivity (Wildman–Crippen MR) is 52.9 cm³/mol. The molecule has 3 saturated carbocycles. The maximum Gasteiger partial charge on any atom is 0.162 e. The average Bonchev–Trinajstić information content (AvgIpc) is 2.84. The zero-order valence-corrected chi connectivity index (χ0v) is 8.38. The van der Waals surface area contributed by atoms with E-state index < -0.39 is 0 Å². The van der Waals surface area contributed by atoms with Crippen molar-refractivity contribution in [1.29, 1.82) is 0 Å². The number of hydrogen-bond donors (Lipinski definition) is 1. The third-order valence-electron chi connectivity index (χ3n) is 4.78. The van der Waals surface area contributed by atoms with Gasteiger partial charge in [-0.15, -0.1) is 0 Å². The van der Waals surface area contributed by atoms with Crippen LogP contribution in [0.15, 0.2) is 11.8 Å². The minimum Gasteiger partial charge on any atom is -0.515 e. The van der Waals surface area contributed by atoms with E-state index in [0.717, 1.165) is 12.7 Å². The zero-order chi connectivity index (χ0) is 9.81. The summed E-state index contributed by atoms with van der Waals surface area (Å²) in [5.74, 6) is 0.197.